The molecule has 6 nitrogen and oxygen atoms in total. The summed E-state index contributed by atoms with van der Waals surface area (Å²) in [5.74, 6) is -13.5. The summed E-state index contributed by atoms with van der Waals surface area (Å²) in [6.45, 7) is 0.650. The van der Waals surface area contributed by atoms with Gasteiger partial charge in [-0.05, 0) is 36.4 Å². The van der Waals surface area contributed by atoms with Crippen LogP contribution >= 0.6 is 0 Å². The average Bonchev–Trinajstić information content (AvgIpc) is 3.21. The van der Waals surface area contributed by atoms with Crippen LogP contribution in [0.2, 0.25) is 0 Å². The zero-order valence-corrected chi connectivity index (χ0v) is 15.7. The lowest BCUT2D eigenvalue weighted by Gasteiger charge is -2.09. The third-order valence-corrected chi connectivity index (χ3v) is 3.88. The number of hydrogen-bond donors (Lipinski definition) is 2. The first-order chi connectivity index (χ1) is 14.7. The minimum absolute atomic E-state index is 0.102. The van der Waals surface area contributed by atoms with Crippen molar-refractivity contribution in [3.8, 4) is 5.75 Å². The van der Waals surface area contributed by atoms with Crippen molar-refractivity contribution in [3.63, 3.8) is 0 Å². The first-order valence-electron chi connectivity index (χ1n) is 8.59. The van der Waals surface area contributed by atoms with Gasteiger partial charge in [0, 0.05) is 18.3 Å². The quantitative estimate of drug-likeness (QED) is 0.329. The highest BCUT2D eigenvalue weighted by molar-refractivity contribution is 6.02. The third kappa shape index (κ3) is 4.82. The molecule has 1 heterocycles. The van der Waals surface area contributed by atoms with Crippen LogP contribution in [0.25, 0.3) is 0 Å². The van der Waals surface area contributed by atoms with Crippen molar-refractivity contribution >= 4 is 23.2 Å². The van der Waals surface area contributed by atoms with E-state index in [0.717, 1.165) is 0 Å². The fraction of sp³-hybridized carbons (Fsp3) is 0.100. The van der Waals surface area contributed by atoms with Crippen molar-refractivity contribution in [2.24, 2.45) is 0 Å². The van der Waals surface area contributed by atoms with Crippen molar-refractivity contribution in [3.05, 3.63) is 77.0 Å². The highest BCUT2D eigenvalue weighted by Crippen LogP contribution is 2.30. The van der Waals surface area contributed by atoms with Crippen LogP contribution in [-0.4, -0.2) is 11.8 Å². The van der Waals surface area contributed by atoms with Crippen LogP contribution in [0.15, 0.2) is 40.8 Å². The standard InChI is InChI=1S/C20H13F5N2O4/c1-9(28)26-10-2-4-11(5-3-10)27-20(29)13-7-6-12(31-13)8-30-19-17(24)15(22)14(21)16(23)18(19)25/h2-7H,8H2,1H3,(H,26,28)(H,27,29). The Bertz CT molecular complexity index is 1120. The molecule has 0 radical (unpaired) electrons. The molecule has 0 aliphatic carbocycles. The molecule has 3 aromatic rings. The van der Waals surface area contributed by atoms with Gasteiger partial charge in [0.1, 0.15) is 12.4 Å². The van der Waals surface area contributed by atoms with Gasteiger partial charge in [0.2, 0.25) is 35.0 Å². The summed E-state index contributed by atoms with van der Waals surface area (Å²) >= 11 is 0. The second kappa shape index (κ2) is 8.86. The lowest BCUT2D eigenvalue weighted by atomic mass is 10.2. The van der Waals surface area contributed by atoms with E-state index in [1.165, 1.54) is 31.2 Å². The van der Waals surface area contributed by atoms with Crippen molar-refractivity contribution in [2.45, 2.75) is 13.5 Å². The molecule has 0 saturated heterocycles. The molecule has 2 N–H and O–H groups in total. The minimum Gasteiger partial charge on any atom is -0.479 e. The van der Waals surface area contributed by atoms with Gasteiger partial charge in [-0.25, -0.2) is 13.2 Å². The molecule has 0 atom stereocenters. The summed E-state index contributed by atoms with van der Waals surface area (Å²) in [5, 5.41) is 5.08. The van der Waals surface area contributed by atoms with Gasteiger partial charge in [0.05, 0.1) is 0 Å². The fourth-order valence-electron chi connectivity index (χ4n) is 2.47. The number of hydrogen-bond acceptors (Lipinski definition) is 4. The maximum absolute atomic E-state index is 13.6. The Morgan fingerprint density at radius 3 is 1.87 bits per heavy atom. The zero-order valence-electron chi connectivity index (χ0n) is 15.7. The van der Waals surface area contributed by atoms with Crippen LogP contribution in [0.5, 0.6) is 5.75 Å². The highest BCUT2D eigenvalue weighted by Gasteiger charge is 2.27. The molecule has 3 rings (SSSR count). The van der Waals surface area contributed by atoms with Crippen LogP contribution in [0, 0.1) is 29.1 Å². The Morgan fingerprint density at radius 2 is 1.32 bits per heavy atom. The smallest absolute Gasteiger partial charge is 0.291 e. The molecular weight excluding hydrogens is 427 g/mol. The minimum atomic E-state index is -2.30. The number of furan rings is 1. The van der Waals surface area contributed by atoms with Crippen LogP contribution in [0.1, 0.15) is 23.2 Å². The van der Waals surface area contributed by atoms with E-state index in [2.05, 4.69) is 15.4 Å². The summed E-state index contributed by atoms with van der Waals surface area (Å²) in [4.78, 5) is 23.2. The molecule has 11 heteroatoms. The fourth-order valence-corrected chi connectivity index (χ4v) is 2.47. The van der Waals surface area contributed by atoms with Crippen molar-refractivity contribution < 1.29 is 40.7 Å². The lowest BCUT2D eigenvalue weighted by molar-refractivity contribution is -0.114. The maximum Gasteiger partial charge on any atom is 0.291 e. The number of anilines is 2. The Balaban J connectivity index is 1.65. The van der Waals surface area contributed by atoms with E-state index >= 15 is 0 Å². The van der Waals surface area contributed by atoms with E-state index in [9.17, 15) is 31.5 Å². The number of nitrogens with one attached hydrogen (secondary N) is 2. The lowest BCUT2D eigenvalue weighted by Crippen LogP contribution is -2.11. The Kier molecular flexibility index (Phi) is 6.23. The van der Waals surface area contributed by atoms with Gasteiger partial charge < -0.3 is 19.8 Å². The molecule has 2 aromatic carbocycles. The summed E-state index contributed by atoms with van der Waals surface area (Å²) in [7, 11) is 0. The molecule has 0 unspecified atom stereocenters. The van der Waals surface area contributed by atoms with Gasteiger partial charge >= 0.3 is 0 Å². The van der Waals surface area contributed by atoms with Gasteiger partial charge in [-0.2, -0.15) is 8.78 Å². The Labute approximate surface area is 171 Å². The van der Waals surface area contributed by atoms with Crippen LogP contribution in [0.4, 0.5) is 33.3 Å². The van der Waals surface area contributed by atoms with E-state index in [4.69, 9.17) is 4.42 Å². The second-order valence-electron chi connectivity index (χ2n) is 6.17. The summed E-state index contributed by atoms with van der Waals surface area (Å²) in [6.07, 6.45) is 0. The monoisotopic (exact) mass is 440 g/mol. The second-order valence-corrected chi connectivity index (χ2v) is 6.17. The zero-order chi connectivity index (χ0) is 22.7. The van der Waals surface area contributed by atoms with Crippen LogP contribution < -0.4 is 15.4 Å². The number of carbonyl (C=O) groups excluding carboxylic acids is 2. The first-order valence-corrected chi connectivity index (χ1v) is 8.59. The highest BCUT2D eigenvalue weighted by atomic mass is 19.2. The molecule has 0 aliphatic heterocycles. The molecule has 0 fully saturated rings. The number of halogens is 5. The van der Waals surface area contributed by atoms with E-state index in [-0.39, 0.29) is 17.4 Å². The Hall–Kier alpha value is -3.89. The molecule has 162 valence electrons. The van der Waals surface area contributed by atoms with Crippen molar-refractivity contribution in [1.29, 1.82) is 0 Å². The molecule has 1 aromatic heterocycles. The summed E-state index contributed by atoms with van der Waals surface area (Å²) in [5.41, 5.74) is 0.908. The Morgan fingerprint density at radius 1 is 0.806 bits per heavy atom. The van der Waals surface area contributed by atoms with Crippen molar-refractivity contribution in [2.75, 3.05) is 10.6 Å². The maximum atomic E-state index is 13.6. The van der Waals surface area contributed by atoms with E-state index in [0.29, 0.717) is 11.4 Å². The molecule has 0 bridgehead atoms. The summed E-state index contributed by atoms with van der Waals surface area (Å²) < 4.78 is 76.5. The molecule has 31 heavy (non-hydrogen) atoms. The summed E-state index contributed by atoms with van der Waals surface area (Å²) in [6, 6.07) is 8.64. The largest absolute Gasteiger partial charge is 0.479 e. The third-order valence-electron chi connectivity index (χ3n) is 3.88. The predicted octanol–water partition coefficient (Wildman–Crippen LogP) is 4.76. The molecule has 0 spiro atoms. The topological polar surface area (TPSA) is 80.6 Å². The van der Waals surface area contributed by atoms with E-state index in [1.807, 2.05) is 0 Å². The van der Waals surface area contributed by atoms with E-state index < -0.39 is 47.3 Å². The molecule has 0 aliphatic rings. The predicted molar refractivity (Wildman–Crippen MR) is 98.0 cm³/mol. The van der Waals surface area contributed by atoms with Gasteiger partial charge in [0.15, 0.2) is 11.5 Å². The van der Waals surface area contributed by atoms with Gasteiger partial charge in [-0.15, -0.1) is 0 Å². The molecule has 2 amide bonds. The number of rotatable bonds is 6. The number of benzene rings is 2. The first kappa shape index (κ1) is 21.8. The number of carbonyl (C=O) groups is 2. The van der Waals surface area contributed by atoms with Crippen molar-refractivity contribution in [1.82, 2.24) is 0 Å². The normalized spacial score (nSPS) is 10.6. The van der Waals surface area contributed by atoms with Gasteiger partial charge in [0.25, 0.3) is 5.91 Å². The number of ether oxygens (including phenoxy) is 1. The average molecular weight is 440 g/mol. The SMILES string of the molecule is CC(=O)Nc1ccc(NC(=O)c2ccc(COc3c(F)c(F)c(F)c(F)c3F)o2)cc1. The molecular formula is C20H13F5N2O4. The van der Waals surface area contributed by atoms with Gasteiger partial charge in [-0.1, -0.05) is 0 Å². The van der Waals surface area contributed by atoms with Crippen LogP contribution in [-0.2, 0) is 11.4 Å². The van der Waals surface area contributed by atoms with E-state index in [1.54, 1.807) is 12.1 Å². The molecule has 0 saturated carbocycles. The van der Waals surface area contributed by atoms with Gasteiger partial charge in [-0.3, -0.25) is 9.59 Å². The number of amides is 2. The van der Waals surface area contributed by atoms with Crippen LogP contribution in [0.3, 0.4) is 0 Å².